The summed E-state index contributed by atoms with van der Waals surface area (Å²) in [6, 6.07) is 8.93. The molecule has 196 valence electrons. The van der Waals surface area contributed by atoms with Crippen molar-refractivity contribution in [1.29, 1.82) is 0 Å². The molecule has 0 fully saturated rings. The van der Waals surface area contributed by atoms with Crippen LogP contribution in [0.15, 0.2) is 54.2 Å². The third-order valence-corrected chi connectivity index (χ3v) is 4.11. The van der Waals surface area contributed by atoms with Crippen molar-refractivity contribution >= 4 is 17.9 Å². The zero-order valence-electron chi connectivity index (χ0n) is 18.1. The van der Waals surface area contributed by atoms with Gasteiger partial charge in [0.25, 0.3) is 18.2 Å². The van der Waals surface area contributed by atoms with Gasteiger partial charge < -0.3 is 20.1 Å². The van der Waals surface area contributed by atoms with Crippen LogP contribution in [0.5, 0.6) is 11.5 Å². The van der Waals surface area contributed by atoms with Crippen LogP contribution in [0.2, 0.25) is 0 Å². The SMILES string of the molecule is O=C(NCC(F)F)/C(=C/c1ccc(OC(F)(F)F)cc1)NC(=O)c1ccc(OCCC(F)(F)F)cc1. The third-order valence-electron chi connectivity index (χ3n) is 4.11. The number of carbonyl (C=O) groups excluding carboxylic acids is 2. The van der Waals surface area contributed by atoms with E-state index in [1.807, 2.05) is 5.32 Å². The van der Waals surface area contributed by atoms with Gasteiger partial charge in [-0.05, 0) is 48.0 Å². The van der Waals surface area contributed by atoms with E-state index in [9.17, 15) is 44.7 Å². The van der Waals surface area contributed by atoms with Gasteiger partial charge >= 0.3 is 12.5 Å². The lowest BCUT2D eigenvalue weighted by molar-refractivity contribution is -0.274. The van der Waals surface area contributed by atoms with Crippen LogP contribution in [0.1, 0.15) is 22.3 Å². The number of hydrogen-bond acceptors (Lipinski definition) is 4. The van der Waals surface area contributed by atoms with E-state index in [4.69, 9.17) is 4.74 Å². The number of hydrogen-bond donors (Lipinski definition) is 2. The Bertz CT molecular complexity index is 1050. The number of rotatable bonds is 10. The quantitative estimate of drug-likeness (QED) is 0.335. The number of carbonyl (C=O) groups is 2. The van der Waals surface area contributed by atoms with Crippen LogP contribution in [0, 0.1) is 0 Å². The minimum absolute atomic E-state index is 0.0439. The third kappa shape index (κ3) is 10.6. The van der Waals surface area contributed by atoms with Gasteiger partial charge in [0.05, 0.1) is 19.6 Å². The Labute approximate surface area is 198 Å². The fourth-order valence-electron chi connectivity index (χ4n) is 2.54. The maximum absolute atomic E-state index is 12.5. The molecule has 0 heterocycles. The van der Waals surface area contributed by atoms with Crippen LogP contribution < -0.4 is 20.1 Å². The molecule has 0 aliphatic rings. The molecule has 0 atom stereocenters. The van der Waals surface area contributed by atoms with Crippen LogP contribution in [-0.4, -0.2) is 43.9 Å². The first-order chi connectivity index (χ1) is 16.7. The molecule has 0 unspecified atom stereocenters. The Morgan fingerprint density at radius 2 is 1.47 bits per heavy atom. The number of nitrogens with one attached hydrogen (secondary N) is 2. The molecule has 2 amide bonds. The van der Waals surface area contributed by atoms with E-state index in [1.165, 1.54) is 24.3 Å². The Morgan fingerprint density at radius 3 is 2.00 bits per heavy atom. The molecule has 0 bridgehead atoms. The van der Waals surface area contributed by atoms with Crippen LogP contribution >= 0.6 is 0 Å². The fourth-order valence-corrected chi connectivity index (χ4v) is 2.54. The number of ether oxygens (including phenoxy) is 2. The summed E-state index contributed by atoms with van der Waals surface area (Å²) in [7, 11) is 0. The highest BCUT2D eigenvalue weighted by Gasteiger charge is 2.31. The van der Waals surface area contributed by atoms with Crippen LogP contribution in [0.3, 0.4) is 0 Å². The first-order valence-corrected chi connectivity index (χ1v) is 9.97. The Kier molecular flexibility index (Phi) is 9.64. The molecule has 0 saturated carbocycles. The van der Waals surface area contributed by atoms with Crippen molar-refractivity contribution in [2.24, 2.45) is 0 Å². The number of amides is 2. The number of alkyl halides is 8. The summed E-state index contributed by atoms with van der Waals surface area (Å²) in [5, 5.41) is 4.09. The Hall–Kier alpha value is -3.84. The number of benzene rings is 2. The lowest BCUT2D eigenvalue weighted by Crippen LogP contribution is -2.36. The second kappa shape index (κ2) is 12.2. The maximum Gasteiger partial charge on any atom is 0.573 e. The summed E-state index contributed by atoms with van der Waals surface area (Å²) < 4.78 is 107. The summed E-state index contributed by atoms with van der Waals surface area (Å²) in [6.07, 6.45) is -12.4. The largest absolute Gasteiger partial charge is 0.573 e. The molecule has 0 saturated heterocycles. The summed E-state index contributed by atoms with van der Waals surface area (Å²) in [5.41, 5.74) is -0.435. The minimum Gasteiger partial charge on any atom is -0.493 e. The lowest BCUT2D eigenvalue weighted by Gasteiger charge is -2.12. The maximum atomic E-state index is 12.5. The second-order valence-electron chi connectivity index (χ2n) is 6.97. The van der Waals surface area contributed by atoms with Crippen molar-refractivity contribution in [1.82, 2.24) is 10.6 Å². The number of halogens is 8. The van der Waals surface area contributed by atoms with Gasteiger partial charge in [-0.2, -0.15) is 13.2 Å². The Balaban J connectivity index is 2.15. The van der Waals surface area contributed by atoms with Gasteiger partial charge in [0.1, 0.15) is 17.2 Å². The normalized spacial score (nSPS) is 12.3. The molecule has 2 N–H and O–H groups in total. The average molecular weight is 526 g/mol. The van der Waals surface area contributed by atoms with Gasteiger partial charge in [-0.15, -0.1) is 13.2 Å². The molecular weight excluding hydrogens is 508 g/mol. The van der Waals surface area contributed by atoms with E-state index in [0.29, 0.717) is 0 Å². The van der Waals surface area contributed by atoms with E-state index in [-0.39, 0.29) is 16.9 Å². The molecular formula is C22H18F8N2O4. The predicted octanol–water partition coefficient (Wildman–Crippen LogP) is 5.07. The van der Waals surface area contributed by atoms with Crippen molar-refractivity contribution in [3.63, 3.8) is 0 Å². The van der Waals surface area contributed by atoms with Gasteiger partial charge in [0.2, 0.25) is 0 Å². The first kappa shape index (κ1) is 28.4. The van der Waals surface area contributed by atoms with Gasteiger partial charge in [-0.25, -0.2) is 8.78 Å². The highest BCUT2D eigenvalue weighted by molar-refractivity contribution is 6.05. The molecule has 0 radical (unpaired) electrons. The molecule has 2 aromatic carbocycles. The summed E-state index contributed by atoms with van der Waals surface area (Å²) in [6.45, 7) is -1.67. The standard InChI is InChI=1S/C22H18F8N2O4/c23-18(24)12-31-20(34)17(11-13-1-5-16(6-2-13)36-22(28,29)30)32-19(33)14-3-7-15(8-4-14)35-10-9-21(25,26)27/h1-8,11,18H,9-10,12H2,(H,31,34)(H,32,33)/b17-11-. The van der Waals surface area contributed by atoms with Crippen LogP contribution in [0.4, 0.5) is 35.1 Å². The van der Waals surface area contributed by atoms with Crippen molar-refractivity contribution in [3.8, 4) is 11.5 Å². The van der Waals surface area contributed by atoms with E-state index < -0.39 is 61.8 Å². The Morgan fingerprint density at radius 1 is 0.889 bits per heavy atom. The summed E-state index contributed by atoms with van der Waals surface area (Å²) in [4.78, 5) is 24.9. The monoisotopic (exact) mass is 526 g/mol. The zero-order chi connectivity index (χ0) is 26.9. The van der Waals surface area contributed by atoms with Gasteiger partial charge in [0.15, 0.2) is 0 Å². The first-order valence-electron chi connectivity index (χ1n) is 9.97. The highest BCUT2D eigenvalue weighted by Crippen LogP contribution is 2.23. The average Bonchev–Trinajstić information content (AvgIpc) is 2.76. The van der Waals surface area contributed by atoms with Crippen molar-refractivity contribution in [2.45, 2.75) is 25.4 Å². The molecule has 0 aromatic heterocycles. The molecule has 0 aliphatic heterocycles. The van der Waals surface area contributed by atoms with Crippen molar-refractivity contribution in [2.75, 3.05) is 13.2 Å². The molecule has 2 rings (SSSR count). The lowest BCUT2D eigenvalue weighted by atomic mass is 10.1. The van der Waals surface area contributed by atoms with E-state index >= 15 is 0 Å². The van der Waals surface area contributed by atoms with Gasteiger partial charge in [-0.1, -0.05) is 12.1 Å². The second-order valence-corrected chi connectivity index (χ2v) is 6.97. The molecule has 6 nitrogen and oxygen atoms in total. The molecule has 2 aromatic rings. The molecule has 0 aliphatic carbocycles. The van der Waals surface area contributed by atoms with Crippen LogP contribution in [0.25, 0.3) is 6.08 Å². The zero-order valence-corrected chi connectivity index (χ0v) is 18.1. The minimum atomic E-state index is -4.93. The van der Waals surface area contributed by atoms with Gasteiger partial charge in [-0.3, -0.25) is 9.59 Å². The molecule has 14 heteroatoms. The topological polar surface area (TPSA) is 76.7 Å². The predicted molar refractivity (Wildman–Crippen MR) is 110 cm³/mol. The highest BCUT2D eigenvalue weighted by atomic mass is 19.4. The summed E-state index contributed by atoms with van der Waals surface area (Å²) in [5.74, 6) is -2.49. The fraction of sp³-hybridized carbons (Fsp3) is 0.273. The molecule has 0 spiro atoms. The van der Waals surface area contributed by atoms with Crippen molar-refractivity contribution in [3.05, 3.63) is 65.4 Å². The van der Waals surface area contributed by atoms with E-state index in [2.05, 4.69) is 10.1 Å². The smallest absolute Gasteiger partial charge is 0.493 e. The summed E-state index contributed by atoms with van der Waals surface area (Å²) >= 11 is 0. The van der Waals surface area contributed by atoms with E-state index in [0.717, 1.165) is 30.3 Å². The van der Waals surface area contributed by atoms with Crippen molar-refractivity contribution < 1.29 is 54.2 Å². The molecule has 36 heavy (non-hydrogen) atoms. The van der Waals surface area contributed by atoms with Gasteiger partial charge in [0, 0.05) is 5.56 Å². The van der Waals surface area contributed by atoms with Crippen LogP contribution in [-0.2, 0) is 4.79 Å². The van der Waals surface area contributed by atoms with E-state index in [1.54, 1.807) is 0 Å².